The summed E-state index contributed by atoms with van der Waals surface area (Å²) in [7, 11) is 0. The van der Waals surface area contributed by atoms with E-state index in [2.05, 4.69) is 64.9 Å². The lowest BCUT2D eigenvalue weighted by atomic mass is 9.76. The van der Waals surface area contributed by atoms with Crippen molar-refractivity contribution in [3.63, 3.8) is 0 Å². The first-order chi connectivity index (χ1) is 16.7. The first-order valence-corrected chi connectivity index (χ1v) is 12.6. The number of hydrogen-bond donors (Lipinski definition) is 2. The third-order valence-corrected chi connectivity index (χ3v) is 7.25. The van der Waals surface area contributed by atoms with Crippen LogP contribution in [0.5, 0.6) is 0 Å². The normalized spacial score (nSPS) is 18.2. The molecule has 0 bridgehead atoms. The van der Waals surface area contributed by atoms with Crippen LogP contribution < -0.4 is 5.32 Å². The molecule has 2 aromatic rings. The van der Waals surface area contributed by atoms with Gasteiger partial charge >= 0.3 is 5.91 Å². The Morgan fingerprint density at radius 2 is 2.09 bits per heavy atom. The lowest BCUT2D eigenvalue weighted by molar-refractivity contribution is -0.0288. The minimum absolute atomic E-state index is 0.135. The molecule has 2 aliphatic rings. The molecular weight excluding hydrogens is 438 g/mol. The summed E-state index contributed by atoms with van der Waals surface area (Å²) < 4.78 is 6.37. The topological polar surface area (TPSA) is 74.6 Å². The van der Waals surface area contributed by atoms with Crippen LogP contribution in [0.4, 0.5) is 11.5 Å². The quantitative estimate of drug-likeness (QED) is 0.449. The van der Waals surface area contributed by atoms with Crippen LogP contribution in [-0.2, 0) is 10.3 Å². The highest BCUT2D eigenvalue weighted by Gasteiger charge is 2.27. The minimum Gasteiger partial charge on any atom is -0.370 e. The zero-order valence-corrected chi connectivity index (χ0v) is 21.4. The number of aromatic nitrogens is 2. The van der Waals surface area contributed by atoms with Gasteiger partial charge in [0, 0.05) is 17.8 Å². The lowest BCUT2D eigenvalue weighted by Crippen LogP contribution is -2.29. The molecule has 7 nitrogen and oxygen atoms in total. The highest BCUT2D eigenvalue weighted by atomic mass is 16.5. The summed E-state index contributed by atoms with van der Waals surface area (Å²) in [6, 6.07) is 6.17. The van der Waals surface area contributed by atoms with E-state index in [4.69, 9.17) is 11.3 Å². The number of anilines is 1. The molecule has 4 rings (SSSR count). The zero-order chi connectivity index (χ0) is 25.1. The van der Waals surface area contributed by atoms with Gasteiger partial charge in [-0.2, -0.15) is 0 Å². The predicted octanol–water partition coefficient (Wildman–Crippen LogP) is 6.15. The monoisotopic (exact) mass is 475 g/mol. The van der Waals surface area contributed by atoms with E-state index in [-0.39, 0.29) is 23.0 Å². The molecule has 1 aliphatic heterocycles. The second-order valence-electron chi connectivity index (χ2n) is 10.9. The van der Waals surface area contributed by atoms with Gasteiger partial charge in [-0.1, -0.05) is 32.6 Å². The van der Waals surface area contributed by atoms with Crippen molar-refractivity contribution >= 4 is 23.0 Å². The number of carbonyl (C=O) groups excluding carboxylic acids is 1. The Morgan fingerprint density at radius 1 is 1.31 bits per heavy atom. The van der Waals surface area contributed by atoms with E-state index in [1.54, 1.807) is 0 Å². The Bertz CT molecular complexity index is 1130. The number of allylic oxidation sites excluding steroid dienone is 2. The smallest absolute Gasteiger partial charge is 0.314 e. The van der Waals surface area contributed by atoms with Gasteiger partial charge in [-0.05, 0) is 87.7 Å². The third-order valence-electron chi connectivity index (χ3n) is 7.25. The van der Waals surface area contributed by atoms with E-state index in [1.165, 1.54) is 37.7 Å². The Balaban J connectivity index is 1.57. The van der Waals surface area contributed by atoms with Gasteiger partial charge in [0.05, 0.1) is 18.4 Å². The maximum absolute atomic E-state index is 12.9. The molecule has 0 atom stereocenters. The van der Waals surface area contributed by atoms with E-state index >= 15 is 0 Å². The van der Waals surface area contributed by atoms with Crippen molar-refractivity contribution in [1.29, 1.82) is 0 Å². The number of amides is 1. The van der Waals surface area contributed by atoms with Gasteiger partial charge < -0.3 is 19.8 Å². The molecule has 1 aliphatic carbocycles. The summed E-state index contributed by atoms with van der Waals surface area (Å²) >= 11 is 0. The standard InChI is InChI=1S/C28H37N5O2/c1-27(2)12-10-20(11-13-27)22-18-21(28(3,4)35-17-16-33-14-6-7-15-33)8-9-23(22)31-26(34)25-30-19-24(29-5)32-25/h8-10,18-19H,6-7,11-17H2,1-4H3,(H,30,32)(H,31,34). The summed E-state index contributed by atoms with van der Waals surface area (Å²) in [5.74, 6) is 0.0258. The molecule has 186 valence electrons. The third kappa shape index (κ3) is 6.19. The average molecular weight is 476 g/mol. The maximum atomic E-state index is 12.9. The van der Waals surface area contributed by atoms with E-state index in [1.807, 2.05) is 12.1 Å². The van der Waals surface area contributed by atoms with Crippen LogP contribution in [0.15, 0.2) is 30.5 Å². The van der Waals surface area contributed by atoms with Gasteiger partial charge in [-0.15, -0.1) is 0 Å². The molecule has 2 N–H and O–H groups in total. The summed E-state index contributed by atoms with van der Waals surface area (Å²) in [5.41, 5.74) is 3.95. The number of rotatable bonds is 8. The summed E-state index contributed by atoms with van der Waals surface area (Å²) in [4.78, 5) is 25.4. The fourth-order valence-electron chi connectivity index (χ4n) is 4.80. The van der Waals surface area contributed by atoms with Crippen LogP contribution in [0.3, 0.4) is 0 Å². The lowest BCUT2D eigenvalue weighted by Gasteiger charge is -2.31. The molecule has 1 amide bonds. The van der Waals surface area contributed by atoms with Gasteiger partial charge in [0.2, 0.25) is 5.82 Å². The van der Waals surface area contributed by atoms with Crippen molar-refractivity contribution in [3.05, 3.63) is 58.8 Å². The zero-order valence-electron chi connectivity index (χ0n) is 21.4. The van der Waals surface area contributed by atoms with Crippen LogP contribution in [-0.4, -0.2) is 47.0 Å². The highest BCUT2D eigenvalue weighted by Crippen LogP contribution is 2.41. The Labute approximate surface area is 208 Å². The summed E-state index contributed by atoms with van der Waals surface area (Å²) in [5, 5.41) is 3.02. The van der Waals surface area contributed by atoms with Gasteiger partial charge in [-0.25, -0.2) is 4.98 Å². The molecule has 1 aromatic heterocycles. The SMILES string of the molecule is [C-]#[N+]c1cnc(C(=O)Nc2ccc(C(C)(C)OCCN3CCCC3)cc2C2=CCC(C)(C)CC2)[nH]1. The molecular formula is C28H37N5O2. The molecule has 1 aromatic carbocycles. The Kier molecular flexibility index (Phi) is 7.44. The fraction of sp³-hybridized carbons (Fsp3) is 0.536. The van der Waals surface area contributed by atoms with Crippen LogP contribution in [0.1, 0.15) is 81.5 Å². The molecule has 7 heteroatoms. The van der Waals surface area contributed by atoms with Crippen molar-refractivity contribution in [2.24, 2.45) is 5.41 Å². The van der Waals surface area contributed by atoms with E-state index < -0.39 is 5.60 Å². The van der Waals surface area contributed by atoms with Gasteiger partial charge in [0.1, 0.15) is 0 Å². The molecule has 0 saturated carbocycles. The van der Waals surface area contributed by atoms with Crippen molar-refractivity contribution in [3.8, 4) is 0 Å². The number of benzene rings is 1. The molecule has 35 heavy (non-hydrogen) atoms. The average Bonchev–Trinajstić information content (AvgIpc) is 3.51. The highest BCUT2D eigenvalue weighted by molar-refractivity contribution is 6.03. The number of H-pyrrole nitrogens is 1. The second kappa shape index (κ2) is 10.3. The predicted molar refractivity (Wildman–Crippen MR) is 140 cm³/mol. The van der Waals surface area contributed by atoms with Crippen LogP contribution >= 0.6 is 0 Å². The van der Waals surface area contributed by atoms with Gasteiger partial charge in [0.15, 0.2) is 0 Å². The second-order valence-corrected chi connectivity index (χ2v) is 10.9. The van der Waals surface area contributed by atoms with Gasteiger partial charge in [0.25, 0.3) is 5.82 Å². The number of hydrogen-bond acceptors (Lipinski definition) is 4. The molecule has 0 radical (unpaired) electrons. The number of nitrogens with one attached hydrogen (secondary N) is 2. The van der Waals surface area contributed by atoms with Crippen molar-refractivity contribution in [2.45, 2.75) is 65.4 Å². The van der Waals surface area contributed by atoms with E-state index in [0.717, 1.165) is 42.6 Å². The van der Waals surface area contributed by atoms with Crippen LogP contribution in [0.25, 0.3) is 10.4 Å². The minimum atomic E-state index is -0.447. The van der Waals surface area contributed by atoms with Gasteiger partial charge in [-0.3, -0.25) is 9.78 Å². The van der Waals surface area contributed by atoms with Crippen LogP contribution in [0, 0.1) is 12.0 Å². The number of imidazole rings is 1. The summed E-state index contributed by atoms with van der Waals surface area (Å²) in [6.07, 6.45) is 9.30. The first-order valence-electron chi connectivity index (χ1n) is 12.6. The van der Waals surface area contributed by atoms with Crippen molar-refractivity contribution < 1.29 is 9.53 Å². The molecule has 0 unspecified atom stereocenters. The largest absolute Gasteiger partial charge is 0.370 e. The Morgan fingerprint density at radius 3 is 2.74 bits per heavy atom. The van der Waals surface area contributed by atoms with Crippen molar-refractivity contribution in [1.82, 2.24) is 14.9 Å². The molecule has 0 spiro atoms. The van der Waals surface area contributed by atoms with E-state index in [9.17, 15) is 4.79 Å². The van der Waals surface area contributed by atoms with Crippen molar-refractivity contribution in [2.75, 3.05) is 31.6 Å². The summed E-state index contributed by atoms with van der Waals surface area (Å²) in [6.45, 7) is 19.9. The number of likely N-dealkylation sites (tertiary alicyclic amines) is 1. The molecule has 2 heterocycles. The first kappa shape index (κ1) is 25.2. The van der Waals surface area contributed by atoms with Crippen LogP contribution in [0.2, 0.25) is 0 Å². The Hall–Kier alpha value is -2.95. The van der Waals surface area contributed by atoms with E-state index in [0.29, 0.717) is 6.61 Å². The number of carbonyl (C=O) groups is 1. The molecule has 1 saturated heterocycles. The number of nitrogens with zero attached hydrogens (tertiary/aromatic N) is 3. The maximum Gasteiger partial charge on any atom is 0.314 e. The molecule has 1 fully saturated rings. The number of aromatic amines is 1. The fourth-order valence-corrected chi connectivity index (χ4v) is 4.80. The number of ether oxygens (including phenoxy) is 1.